The van der Waals surface area contributed by atoms with Crippen molar-refractivity contribution in [3.05, 3.63) is 59.4 Å². The van der Waals surface area contributed by atoms with Gasteiger partial charge in [0.25, 0.3) is 0 Å². The van der Waals surface area contributed by atoms with E-state index in [-0.39, 0.29) is 0 Å². The molecule has 1 heterocycles. The summed E-state index contributed by atoms with van der Waals surface area (Å²) in [5.74, 6) is 0. The van der Waals surface area contributed by atoms with E-state index >= 15 is 0 Å². The number of benzene rings is 1. The quantitative estimate of drug-likeness (QED) is 0.888. The number of hydrogen-bond donors (Lipinski definition) is 1. The maximum absolute atomic E-state index is 8.84. The van der Waals surface area contributed by atoms with Gasteiger partial charge in [-0.25, -0.2) is 0 Å². The molecular formula is C15H15N3. The molecule has 1 aromatic heterocycles. The predicted octanol–water partition coefficient (Wildman–Crippen LogP) is 3.13. The molecule has 1 N–H and O–H groups in total. The average molecular weight is 237 g/mol. The van der Waals surface area contributed by atoms with E-state index in [0.29, 0.717) is 12.1 Å². The summed E-state index contributed by atoms with van der Waals surface area (Å²) in [6, 6.07) is 13.6. The van der Waals surface area contributed by atoms with E-state index in [1.54, 1.807) is 6.07 Å². The topological polar surface area (TPSA) is 48.7 Å². The van der Waals surface area contributed by atoms with Gasteiger partial charge in [0.1, 0.15) is 0 Å². The Morgan fingerprint density at radius 1 is 1.28 bits per heavy atom. The number of aromatic nitrogens is 1. The first-order valence-corrected chi connectivity index (χ1v) is 6.00. The third kappa shape index (κ3) is 2.86. The lowest BCUT2D eigenvalue weighted by Crippen LogP contribution is -2.04. The minimum atomic E-state index is 0.664. The van der Waals surface area contributed by atoms with Crippen LogP contribution in [0.15, 0.2) is 42.6 Å². The van der Waals surface area contributed by atoms with Gasteiger partial charge in [0.05, 0.1) is 23.9 Å². The fraction of sp³-hybridized carbons (Fsp3) is 0.200. The molecule has 2 aromatic rings. The molecule has 0 bridgehead atoms. The highest BCUT2D eigenvalue weighted by Crippen LogP contribution is 2.12. The summed E-state index contributed by atoms with van der Waals surface area (Å²) < 4.78 is 0. The van der Waals surface area contributed by atoms with E-state index in [0.717, 1.165) is 17.8 Å². The summed E-state index contributed by atoms with van der Waals surface area (Å²) in [4.78, 5) is 4.38. The van der Waals surface area contributed by atoms with Gasteiger partial charge < -0.3 is 5.32 Å². The molecule has 0 aliphatic rings. The van der Waals surface area contributed by atoms with Crippen molar-refractivity contribution in [1.29, 1.82) is 5.26 Å². The van der Waals surface area contributed by atoms with Crippen molar-refractivity contribution in [2.45, 2.75) is 19.9 Å². The van der Waals surface area contributed by atoms with Crippen molar-refractivity contribution < 1.29 is 0 Å². The van der Waals surface area contributed by atoms with E-state index in [1.807, 2.05) is 30.5 Å². The second-order valence-corrected chi connectivity index (χ2v) is 4.01. The van der Waals surface area contributed by atoms with Crippen molar-refractivity contribution in [1.82, 2.24) is 4.98 Å². The van der Waals surface area contributed by atoms with Crippen LogP contribution in [0.3, 0.4) is 0 Å². The van der Waals surface area contributed by atoms with Crippen LogP contribution >= 0.6 is 0 Å². The Morgan fingerprint density at radius 2 is 2.17 bits per heavy atom. The van der Waals surface area contributed by atoms with Crippen LogP contribution in [0, 0.1) is 11.3 Å². The van der Waals surface area contributed by atoms with E-state index in [2.05, 4.69) is 29.4 Å². The van der Waals surface area contributed by atoms with Crippen LogP contribution in [0.2, 0.25) is 0 Å². The van der Waals surface area contributed by atoms with Crippen molar-refractivity contribution >= 4 is 5.69 Å². The summed E-state index contributed by atoms with van der Waals surface area (Å²) >= 11 is 0. The number of aryl methyl sites for hydroxylation is 1. The lowest BCUT2D eigenvalue weighted by molar-refractivity contribution is 0.972. The van der Waals surface area contributed by atoms with Gasteiger partial charge in [-0.2, -0.15) is 5.26 Å². The Hall–Kier alpha value is -2.34. The summed E-state index contributed by atoms with van der Waals surface area (Å²) in [5.41, 5.74) is 3.92. The molecule has 0 spiro atoms. The molecule has 18 heavy (non-hydrogen) atoms. The molecule has 1 aromatic carbocycles. The van der Waals surface area contributed by atoms with Gasteiger partial charge in [0.2, 0.25) is 0 Å². The summed E-state index contributed by atoms with van der Waals surface area (Å²) in [6.45, 7) is 2.80. The zero-order valence-corrected chi connectivity index (χ0v) is 10.4. The van der Waals surface area contributed by atoms with Gasteiger partial charge in [-0.05, 0) is 36.2 Å². The Bertz CT molecular complexity index is 570. The Kier molecular flexibility index (Phi) is 3.93. The molecular weight excluding hydrogens is 222 g/mol. The van der Waals surface area contributed by atoms with E-state index in [4.69, 9.17) is 5.26 Å². The Labute approximate surface area is 107 Å². The van der Waals surface area contributed by atoms with Crippen LogP contribution in [0.25, 0.3) is 0 Å². The first-order valence-electron chi connectivity index (χ1n) is 6.00. The molecule has 3 heteroatoms. The number of anilines is 1. The fourth-order valence-corrected chi connectivity index (χ4v) is 1.84. The zero-order chi connectivity index (χ0) is 12.8. The minimum absolute atomic E-state index is 0.664. The molecule has 0 atom stereocenters. The third-order valence-electron chi connectivity index (χ3n) is 2.82. The Morgan fingerprint density at radius 3 is 2.94 bits per heavy atom. The van der Waals surface area contributed by atoms with E-state index in [9.17, 15) is 0 Å². The molecule has 90 valence electrons. The largest absolute Gasteiger partial charge is 0.379 e. The van der Waals surface area contributed by atoms with Gasteiger partial charge in [-0.15, -0.1) is 0 Å². The second kappa shape index (κ2) is 5.83. The highest BCUT2D eigenvalue weighted by molar-refractivity contribution is 5.49. The van der Waals surface area contributed by atoms with Crippen molar-refractivity contribution in [2.75, 3.05) is 5.32 Å². The molecule has 0 amide bonds. The third-order valence-corrected chi connectivity index (χ3v) is 2.82. The molecule has 0 saturated heterocycles. The number of rotatable bonds is 4. The van der Waals surface area contributed by atoms with Crippen molar-refractivity contribution in [3.8, 4) is 6.07 Å². The second-order valence-electron chi connectivity index (χ2n) is 4.01. The summed E-state index contributed by atoms with van der Waals surface area (Å²) in [7, 11) is 0. The van der Waals surface area contributed by atoms with Crippen LogP contribution in [0.5, 0.6) is 0 Å². The Balaban J connectivity index is 2.09. The predicted molar refractivity (Wildman–Crippen MR) is 72.1 cm³/mol. The molecule has 0 saturated carbocycles. The van der Waals surface area contributed by atoms with E-state index in [1.165, 1.54) is 5.56 Å². The average Bonchev–Trinajstić information content (AvgIpc) is 2.45. The first-order chi connectivity index (χ1) is 8.83. The molecule has 0 fully saturated rings. The number of nitrogens with zero attached hydrogens (tertiary/aromatic N) is 2. The van der Waals surface area contributed by atoms with Crippen LogP contribution in [-0.2, 0) is 13.0 Å². The minimum Gasteiger partial charge on any atom is -0.379 e. The van der Waals surface area contributed by atoms with Crippen LogP contribution in [0.4, 0.5) is 5.69 Å². The first kappa shape index (κ1) is 12.1. The smallest absolute Gasteiger partial charge is 0.0992 e. The number of nitrogens with one attached hydrogen (secondary N) is 1. The summed E-state index contributed by atoms with van der Waals surface area (Å²) in [6.07, 6.45) is 2.78. The highest BCUT2D eigenvalue weighted by atomic mass is 14.9. The van der Waals surface area contributed by atoms with Gasteiger partial charge in [0.15, 0.2) is 0 Å². The molecule has 0 radical (unpaired) electrons. The lowest BCUT2D eigenvalue weighted by Gasteiger charge is -2.09. The van der Waals surface area contributed by atoms with Gasteiger partial charge in [-0.3, -0.25) is 4.98 Å². The molecule has 2 rings (SSSR count). The van der Waals surface area contributed by atoms with Gasteiger partial charge >= 0.3 is 0 Å². The van der Waals surface area contributed by atoms with Crippen molar-refractivity contribution in [3.63, 3.8) is 0 Å². The van der Waals surface area contributed by atoms with Gasteiger partial charge in [-0.1, -0.05) is 19.1 Å². The van der Waals surface area contributed by atoms with E-state index < -0.39 is 0 Å². The van der Waals surface area contributed by atoms with Crippen molar-refractivity contribution in [2.24, 2.45) is 0 Å². The van der Waals surface area contributed by atoms with Crippen LogP contribution in [0.1, 0.15) is 23.7 Å². The zero-order valence-electron chi connectivity index (χ0n) is 10.4. The van der Waals surface area contributed by atoms with Crippen LogP contribution in [-0.4, -0.2) is 4.98 Å². The summed E-state index contributed by atoms with van der Waals surface area (Å²) in [5, 5.41) is 12.1. The molecule has 0 aliphatic heterocycles. The standard InChI is InChI=1S/C15H15N3/c1-2-13-6-4-8-17-15(13)11-18-14-7-3-5-12(9-14)10-16/h3-9,18H,2,11H2,1H3. The maximum Gasteiger partial charge on any atom is 0.0992 e. The fourth-order valence-electron chi connectivity index (χ4n) is 1.84. The normalized spacial score (nSPS) is 9.78. The van der Waals surface area contributed by atoms with Crippen LogP contribution < -0.4 is 5.32 Å². The maximum atomic E-state index is 8.84. The number of pyridine rings is 1. The lowest BCUT2D eigenvalue weighted by atomic mass is 10.1. The van der Waals surface area contributed by atoms with Gasteiger partial charge in [0, 0.05) is 11.9 Å². The molecule has 3 nitrogen and oxygen atoms in total. The number of nitriles is 1. The highest BCUT2D eigenvalue weighted by Gasteiger charge is 2.01. The number of hydrogen-bond acceptors (Lipinski definition) is 3. The monoisotopic (exact) mass is 237 g/mol. The SMILES string of the molecule is CCc1cccnc1CNc1cccc(C#N)c1. The molecule has 0 aliphatic carbocycles. The molecule has 0 unspecified atom stereocenters.